The highest BCUT2D eigenvalue weighted by Crippen LogP contribution is 2.30. The average molecular weight is 449 g/mol. The van der Waals surface area contributed by atoms with E-state index >= 15 is 0 Å². The molecule has 0 spiro atoms. The lowest BCUT2D eigenvalue weighted by Gasteiger charge is -2.29. The molecule has 1 atom stereocenters. The second-order valence-electron chi connectivity index (χ2n) is 6.77. The first-order valence-corrected chi connectivity index (χ1v) is 11.3. The number of benzene rings is 2. The van der Waals surface area contributed by atoms with Gasteiger partial charge >= 0.3 is 12.0 Å². The SMILES string of the molecule is CCOC(=O)C1=C(CS(=O)(=O)c2ccc(C)cc2)NC(=O)N[C@H]1c1ccc(Cl)cc1. The Morgan fingerprint density at radius 3 is 2.33 bits per heavy atom. The Balaban J connectivity index is 2.08. The summed E-state index contributed by atoms with van der Waals surface area (Å²) < 4.78 is 31.1. The third-order valence-corrected chi connectivity index (χ3v) is 6.48. The van der Waals surface area contributed by atoms with E-state index in [0.29, 0.717) is 10.6 Å². The van der Waals surface area contributed by atoms with E-state index in [2.05, 4.69) is 10.6 Å². The summed E-state index contributed by atoms with van der Waals surface area (Å²) in [5, 5.41) is 5.62. The summed E-state index contributed by atoms with van der Waals surface area (Å²) in [7, 11) is -3.82. The molecular formula is C21H21ClN2O5S. The molecule has 9 heteroatoms. The molecule has 0 bridgehead atoms. The largest absolute Gasteiger partial charge is 0.463 e. The van der Waals surface area contributed by atoms with Gasteiger partial charge in [0, 0.05) is 10.7 Å². The maximum atomic E-state index is 13.0. The van der Waals surface area contributed by atoms with Crippen molar-refractivity contribution >= 4 is 33.4 Å². The molecule has 2 aromatic rings. The van der Waals surface area contributed by atoms with E-state index in [1.165, 1.54) is 12.1 Å². The monoisotopic (exact) mass is 448 g/mol. The first-order valence-electron chi connectivity index (χ1n) is 9.24. The predicted octanol–water partition coefficient (Wildman–Crippen LogP) is 3.29. The lowest BCUT2D eigenvalue weighted by Crippen LogP contribution is -2.47. The highest BCUT2D eigenvalue weighted by molar-refractivity contribution is 7.91. The third-order valence-electron chi connectivity index (χ3n) is 4.57. The fourth-order valence-electron chi connectivity index (χ4n) is 3.11. The molecule has 1 heterocycles. The van der Waals surface area contributed by atoms with Crippen molar-refractivity contribution < 1.29 is 22.7 Å². The Morgan fingerprint density at radius 1 is 1.10 bits per heavy atom. The number of esters is 1. The van der Waals surface area contributed by atoms with E-state index in [1.807, 2.05) is 6.92 Å². The van der Waals surface area contributed by atoms with Gasteiger partial charge in [-0.05, 0) is 43.7 Å². The van der Waals surface area contributed by atoms with E-state index < -0.39 is 33.6 Å². The molecule has 0 saturated carbocycles. The number of sulfone groups is 1. The van der Waals surface area contributed by atoms with Crippen LogP contribution in [0.3, 0.4) is 0 Å². The highest BCUT2D eigenvalue weighted by Gasteiger charge is 2.35. The molecule has 1 aliphatic heterocycles. The maximum absolute atomic E-state index is 13.0. The second-order valence-corrected chi connectivity index (χ2v) is 9.19. The number of rotatable bonds is 6. The zero-order valence-electron chi connectivity index (χ0n) is 16.4. The van der Waals surface area contributed by atoms with Crippen molar-refractivity contribution in [2.24, 2.45) is 0 Å². The lowest BCUT2D eigenvalue weighted by atomic mass is 9.95. The summed E-state index contributed by atoms with van der Waals surface area (Å²) in [5.74, 6) is -1.26. The van der Waals surface area contributed by atoms with Gasteiger partial charge in [0.05, 0.1) is 28.9 Å². The van der Waals surface area contributed by atoms with E-state index in [-0.39, 0.29) is 22.8 Å². The Morgan fingerprint density at radius 2 is 1.73 bits per heavy atom. The van der Waals surface area contributed by atoms with Gasteiger partial charge in [-0.2, -0.15) is 0 Å². The van der Waals surface area contributed by atoms with Crippen LogP contribution < -0.4 is 10.6 Å². The molecule has 3 rings (SSSR count). The summed E-state index contributed by atoms with van der Waals surface area (Å²) in [5.41, 5.74) is 1.51. The van der Waals surface area contributed by atoms with Crippen LogP contribution in [0.4, 0.5) is 4.79 Å². The van der Waals surface area contributed by atoms with Crippen LogP contribution in [-0.4, -0.2) is 32.8 Å². The first-order chi connectivity index (χ1) is 14.2. The Bertz CT molecular complexity index is 1090. The quantitative estimate of drug-likeness (QED) is 0.660. The minimum absolute atomic E-state index is 0.0160. The van der Waals surface area contributed by atoms with Gasteiger partial charge in [-0.25, -0.2) is 18.0 Å². The summed E-state index contributed by atoms with van der Waals surface area (Å²) in [4.78, 5) is 25.1. The molecule has 2 aromatic carbocycles. The zero-order chi connectivity index (χ0) is 21.9. The van der Waals surface area contributed by atoms with Crippen LogP contribution in [0.2, 0.25) is 5.02 Å². The van der Waals surface area contributed by atoms with Gasteiger partial charge in [0.1, 0.15) is 0 Å². The van der Waals surface area contributed by atoms with E-state index in [0.717, 1.165) is 5.56 Å². The number of carbonyl (C=O) groups is 2. The summed E-state index contributed by atoms with van der Waals surface area (Å²) in [6.45, 7) is 3.59. The fourth-order valence-corrected chi connectivity index (χ4v) is 4.56. The first kappa shape index (κ1) is 21.9. The minimum atomic E-state index is -3.82. The van der Waals surface area contributed by atoms with Gasteiger partial charge < -0.3 is 15.4 Å². The highest BCUT2D eigenvalue weighted by atomic mass is 35.5. The number of hydrogen-bond acceptors (Lipinski definition) is 5. The molecule has 0 unspecified atom stereocenters. The Labute approximate surface area is 180 Å². The van der Waals surface area contributed by atoms with Gasteiger partial charge in [-0.3, -0.25) is 0 Å². The van der Waals surface area contributed by atoms with E-state index in [9.17, 15) is 18.0 Å². The van der Waals surface area contributed by atoms with Crippen LogP contribution in [0.5, 0.6) is 0 Å². The normalized spacial score (nSPS) is 16.6. The van der Waals surface area contributed by atoms with Crippen molar-refractivity contribution in [3.05, 3.63) is 76.0 Å². The summed E-state index contributed by atoms with van der Waals surface area (Å²) in [6.07, 6.45) is 0. The number of urea groups is 1. The molecule has 1 aliphatic rings. The van der Waals surface area contributed by atoms with Crippen molar-refractivity contribution in [2.75, 3.05) is 12.4 Å². The molecule has 7 nitrogen and oxygen atoms in total. The van der Waals surface area contributed by atoms with Crippen molar-refractivity contribution in [1.29, 1.82) is 0 Å². The summed E-state index contributed by atoms with van der Waals surface area (Å²) in [6, 6.07) is 11.4. The Kier molecular flexibility index (Phi) is 6.48. The molecule has 2 N–H and O–H groups in total. The van der Waals surface area contributed by atoms with E-state index in [1.54, 1.807) is 43.3 Å². The van der Waals surface area contributed by atoms with Gasteiger partial charge in [0.25, 0.3) is 0 Å². The molecule has 0 aromatic heterocycles. The van der Waals surface area contributed by atoms with Crippen LogP contribution >= 0.6 is 11.6 Å². The molecule has 0 aliphatic carbocycles. The van der Waals surface area contributed by atoms with Gasteiger partial charge in [-0.1, -0.05) is 41.4 Å². The predicted molar refractivity (Wildman–Crippen MR) is 113 cm³/mol. The maximum Gasteiger partial charge on any atom is 0.338 e. The summed E-state index contributed by atoms with van der Waals surface area (Å²) >= 11 is 5.94. The number of ether oxygens (including phenoxy) is 1. The fraction of sp³-hybridized carbons (Fsp3) is 0.238. The van der Waals surface area contributed by atoms with Crippen molar-refractivity contribution in [3.63, 3.8) is 0 Å². The standard InChI is InChI=1S/C21H21ClN2O5S/c1-3-29-20(25)18-17(12-30(27,28)16-10-4-13(2)5-11-16)23-21(26)24-19(18)14-6-8-15(22)9-7-14/h4-11,19H,3,12H2,1-2H3,(H2,23,24,26)/t19-/m0/s1. The molecule has 30 heavy (non-hydrogen) atoms. The van der Waals surface area contributed by atoms with Crippen molar-refractivity contribution in [2.45, 2.75) is 24.8 Å². The third kappa shape index (κ3) is 4.83. The molecule has 0 fully saturated rings. The zero-order valence-corrected chi connectivity index (χ0v) is 18.0. The number of amides is 2. The second kappa shape index (κ2) is 8.89. The average Bonchev–Trinajstić information content (AvgIpc) is 2.68. The lowest BCUT2D eigenvalue weighted by molar-refractivity contribution is -0.139. The van der Waals surface area contributed by atoms with Crippen molar-refractivity contribution in [3.8, 4) is 0 Å². The van der Waals surface area contributed by atoms with Crippen LogP contribution in [0.25, 0.3) is 0 Å². The van der Waals surface area contributed by atoms with Gasteiger partial charge in [-0.15, -0.1) is 0 Å². The number of hydrogen-bond donors (Lipinski definition) is 2. The number of aryl methyl sites for hydroxylation is 1. The minimum Gasteiger partial charge on any atom is -0.463 e. The molecule has 2 amide bonds. The van der Waals surface area contributed by atoms with Crippen molar-refractivity contribution in [1.82, 2.24) is 10.6 Å². The molecule has 0 radical (unpaired) electrons. The van der Waals surface area contributed by atoms with Crippen LogP contribution in [0, 0.1) is 6.92 Å². The number of nitrogens with one attached hydrogen (secondary N) is 2. The van der Waals surface area contributed by atoms with Crippen LogP contribution in [0.1, 0.15) is 24.1 Å². The Hall–Kier alpha value is -2.84. The van der Waals surface area contributed by atoms with Crippen LogP contribution in [-0.2, 0) is 19.4 Å². The smallest absolute Gasteiger partial charge is 0.338 e. The topological polar surface area (TPSA) is 102 Å². The molecule has 158 valence electrons. The number of halogens is 1. The van der Waals surface area contributed by atoms with Gasteiger partial charge in [0.2, 0.25) is 0 Å². The van der Waals surface area contributed by atoms with Gasteiger partial charge in [0.15, 0.2) is 9.84 Å². The molecule has 0 saturated heterocycles. The number of carbonyl (C=O) groups excluding carboxylic acids is 2. The van der Waals surface area contributed by atoms with Crippen LogP contribution in [0.15, 0.2) is 64.7 Å². The molecular weight excluding hydrogens is 428 g/mol. The van der Waals surface area contributed by atoms with E-state index in [4.69, 9.17) is 16.3 Å².